The molecule has 2 rings (SSSR count). The number of benzene rings is 1. The van der Waals surface area contributed by atoms with Gasteiger partial charge in [-0.1, -0.05) is 23.2 Å². The van der Waals surface area contributed by atoms with Gasteiger partial charge in [0.2, 0.25) is 5.91 Å². The fourth-order valence-electron chi connectivity index (χ4n) is 2.04. The smallest absolute Gasteiger partial charge is 0.252 e. The van der Waals surface area contributed by atoms with Crippen LogP contribution in [0.15, 0.2) is 18.2 Å². The summed E-state index contributed by atoms with van der Waals surface area (Å²) in [5.41, 5.74) is 5.51. The maximum atomic E-state index is 12.0. The van der Waals surface area contributed by atoms with Crippen LogP contribution in [0.1, 0.15) is 23.2 Å². The Morgan fingerprint density at radius 1 is 1.35 bits per heavy atom. The highest BCUT2D eigenvalue weighted by molar-refractivity contribution is 6.36. The lowest BCUT2D eigenvalue weighted by Gasteiger charge is -2.13. The normalized spacial score (nSPS) is 21.7. The van der Waals surface area contributed by atoms with Crippen molar-refractivity contribution in [1.29, 1.82) is 0 Å². The summed E-state index contributed by atoms with van der Waals surface area (Å²) in [4.78, 5) is 22.9. The molecule has 1 aliphatic heterocycles. The molecule has 20 heavy (non-hydrogen) atoms. The topological polar surface area (TPSA) is 81.4 Å². The molecule has 5 nitrogen and oxygen atoms in total. The standard InChI is InChI=1S/C13H14Cl2N2O3/c14-7-1-3-9(10(15)5-7)13(19)17-6-8-2-4-11(20-8)12(16)18/h1,3,5,8,11H,2,4,6H2,(H2,16,18)(H,17,19)/t8-,11-/m0/s1. The van der Waals surface area contributed by atoms with Crippen LogP contribution < -0.4 is 11.1 Å². The van der Waals surface area contributed by atoms with Crippen molar-refractivity contribution in [2.24, 2.45) is 5.73 Å². The number of ether oxygens (including phenoxy) is 1. The molecule has 0 bridgehead atoms. The van der Waals surface area contributed by atoms with E-state index in [-0.39, 0.29) is 17.0 Å². The summed E-state index contributed by atoms with van der Waals surface area (Å²) < 4.78 is 5.42. The minimum Gasteiger partial charge on any atom is -0.367 e. The van der Waals surface area contributed by atoms with Crippen molar-refractivity contribution in [3.8, 4) is 0 Å². The highest BCUT2D eigenvalue weighted by Crippen LogP contribution is 2.22. The molecule has 0 radical (unpaired) electrons. The van der Waals surface area contributed by atoms with Gasteiger partial charge in [-0.15, -0.1) is 0 Å². The first-order valence-corrected chi connectivity index (χ1v) is 6.91. The number of carbonyl (C=O) groups excluding carboxylic acids is 2. The first-order chi connectivity index (χ1) is 9.47. The first kappa shape index (κ1) is 15.1. The number of rotatable bonds is 4. The van der Waals surface area contributed by atoms with E-state index in [0.29, 0.717) is 30.0 Å². The van der Waals surface area contributed by atoms with Crippen molar-refractivity contribution < 1.29 is 14.3 Å². The zero-order valence-corrected chi connectivity index (χ0v) is 12.1. The van der Waals surface area contributed by atoms with Gasteiger partial charge < -0.3 is 15.8 Å². The van der Waals surface area contributed by atoms with Gasteiger partial charge in [0.05, 0.1) is 16.7 Å². The van der Waals surface area contributed by atoms with Crippen molar-refractivity contribution in [2.45, 2.75) is 25.0 Å². The van der Waals surface area contributed by atoms with E-state index in [0.717, 1.165) is 0 Å². The van der Waals surface area contributed by atoms with Gasteiger partial charge in [0.15, 0.2) is 0 Å². The molecule has 1 heterocycles. The molecule has 0 aromatic heterocycles. The van der Waals surface area contributed by atoms with Gasteiger partial charge in [-0.05, 0) is 31.0 Å². The van der Waals surface area contributed by atoms with Gasteiger partial charge in [-0.3, -0.25) is 9.59 Å². The first-order valence-electron chi connectivity index (χ1n) is 6.15. The summed E-state index contributed by atoms with van der Waals surface area (Å²) in [5.74, 6) is -0.780. The molecule has 1 aromatic rings. The van der Waals surface area contributed by atoms with Crippen molar-refractivity contribution in [3.05, 3.63) is 33.8 Å². The fourth-order valence-corrected chi connectivity index (χ4v) is 2.53. The number of nitrogens with one attached hydrogen (secondary N) is 1. The summed E-state index contributed by atoms with van der Waals surface area (Å²) in [6.45, 7) is 0.307. The number of nitrogens with two attached hydrogens (primary N) is 1. The average Bonchev–Trinajstić information content (AvgIpc) is 2.85. The van der Waals surface area contributed by atoms with Gasteiger partial charge in [-0.2, -0.15) is 0 Å². The predicted octanol–water partition coefficient (Wildman–Crippen LogP) is 1.76. The Morgan fingerprint density at radius 2 is 2.10 bits per heavy atom. The van der Waals surface area contributed by atoms with Crippen molar-refractivity contribution in [1.82, 2.24) is 5.32 Å². The number of amides is 2. The highest BCUT2D eigenvalue weighted by Gasteiger charge is 2.29. The largest absolute Gasteiger partial charge is 0.367 e. The maximum Gasteiger partial charge on any atom is 0.252 e. The molecule has 1 aromatic carbocycles. The Hall–Kier alpha value is -1.30. The Morgan fingerprint density at radius 3 is 2.70 bits per heavy atom. The minimum atomic E-state index is -0.559. The summed E-state index contributed by atoms with van der Waals surface area (Å²) in [6, 6.07) is 4.66. The van der Waals surface area contributed by atoms with Crippen molar-refractivity contribution in [3.63, 3.8) is 0 Å². The van der Waals surface area contributed by atoms with Crippen LogP contribution in [0.3, 0.4) is 0 Å². The van der Waals surface area contributed by atoms with Gasteiger partial charge in [-0.25, -0.2) is 0 Å². The molecule has 1 fully saturated rings. The van der Waals surface area contributed by atoms with E-state index in [1.165, 1.54) is 6.07 Å². The lowest BCUT2D eigenvalue weighted by Crippen LogP contribution is -2.34. The Balaban J connectivity index is 1.88. The monoisotopic (exact) mass is 316 g/mol. The van der Waals surface area contributed by atoms with E-state index in [2.05, 4.69) is 5.32 Å². The van der Waals surface area contributed by atoms with Crippen LogP contribution in [-0.4, -0.2) is 30.6 Å². The summed E-state index contributed by atoms with van der Waals surface area (Å²) in [7, 11) is 0. The molecule has 108 valence electrons. The number of hydrogen-bond acceptors (Lipinski definition) is 3. The third-order valence-corrected chi connectivity index (χ3v) is 3.64. The maximum absolute atomic E-state index is 12.0. The summed E-state index contributed by atoms with van der Waals surface area (Å²) in [5, 5.41) is 3.47. The summed E-state index contributed by atoms with van der Waals surface area (Å²) in [6.07, 6.45) is 0.498. The van der Waals surface area contributed by atoms with E-state index in [1.807, 2.05) is 0 Å². The minimum absolute atomic E-state index is 0.206. The van der Waals surface area contributed by atoms with E-state index in [9.17, 15) is 9.59 Å². The van der Waals surface area contributed by atoms with Crippen molar-refractivity contribution >= 4 is 35.0 Å². The third-order valence-electron chi connectivity index (χ3n) is 3.09. The Labute approximate surface area is 126 Å². The zero-order chi connectivity index (χ0) is 14.7. The van der Waals surface area contributed by atoms with Crippen LogP contribution in [0, 0.1) is 0 Å². The van der Waals surface area contributed by atoms with Gasteiger partial charge in [0.25, 0.3) is 5.91 Å². The molecule has 3 N–H and O–H groups in total. The second-order valence-corrected chi connectivity index (χ2v) is 5.40. The molecule has 0 unspecified atom stereocenters. The van der Waals surface area contributed by atoms with Crippen molar-refractivity contribution in [2.75, 3.05) is 6.54 Å². The van der Waals surface area contributed by atoms with Crippen LogP contribution in [0.2, 0.25) is 10.0 Å². The number of halogens is 2. The molecule has 2 atom stereocenters. The van der Waals surface area contributed by atoms with Gasteiger partial charge in [0.1, 0.15) is 6.10 Å². The van der Waals surface area contributed by atoms with Crippen LogP contribution in [0.25, 0.3) is 0 Å². The molecule has 0 aliphatic carbocycles. The highest BCUT2D eigenvalue weighted by atomic mass is 35.5. The Bertz CT molecular complexity index is 536. The zero-order valence-electron chi connectivity index (χ0n) is 10.6. The fraction of sp³-hybridized carbons (Fsp3) is 0.385. The molecule has 1 saturated heterocycles. The molecular weight excluding hydrogens is 303 g/mol. The number of carbonyl (C=O) groups is 2. The van der Waals surface area contributed by atoms with E-state index in [1.54, 1.807) is 12.1 Å². The lowest BCUT2D eigenvalue weighted by atomic mass is 10.1. The molecular formula is C13H14Cl2N2O3. The van der Waals surface area contributed by atoms with Gasteiger partial charge in [0, 0.05) is 11.6 Å². The SMILES string of the molecule is NC(=O)[C@@H]1CC[C@@H](CNC(=O)c2ccc(Cl)cc2Cl)O1. The number of primary amides is 1. The third kappa shape index (κ3) is 3.62. The van der Waals surface area contributed by atoms with E-state index >= 15 is 0 Å². The van der Waals surface area contributed by atoms with Crippen LogP contribution in [0.5, 0.6) is 0 Å². The van der Waals surface area contributed by atoms with E-state index < -0.39 is 12.0 Å². The molecule has 0 saturated carbocycles. The summed E-state index contributed by atoms with van der Waals surface area (Å²) >= 11 is 11.7. The predicted molar refractivity (Wildman–Crippen MR) is 75.9 cm³/mol. The lowest BCUT2D eigenvalue weighted by molar-refractivity contribution is -0.128. The molecule has 0 spiro atoms. The van der Waals surface area contributed by atoms with Crippen LogP contribution in [-0.2, 0) is 9.53 Å². The molecule has 7 heteroatoms. The Kier molecular flexibility index (Phi) is 4.86. The van der Waals surface area contributed by atoms with Gasteiger partial charge >= 0.3 is 0 Å². The molecule has 1 aliphatic rings. The second kappa shape index (κ2) is 6.43. The van der Waals surface area contributed by atoms with Crippen LogP contribution in [0.4, 0.5) is 0 Å². The second-order valence-electron chi connectivity index (χ2n) is 4.56. The van der Waals surface area contributed by atoms with Crippen LogP contribution >= 0.6 is 23.2 Å². The quantitative estimate of drug-likeness (QED) is 0.888. The van der Waals surface area contributed by atoms with E-state index in [4.69, 9.17) is 33.7 Å². The molecule has 2 amide bonds. The number of hydrogen-bond donors (Lipinski definition) is 2. The average molecular weight is 317 g/mol.